The Morgan fingerprint density at radius 1 is 1.28 bits per heavy atom. The van der Waals surface area contributed by atoms with Crippen molar-refractivity contribution in [3.63, 3.8) is 0 Å². The molecule has 0 saturated heterocycles. The van der Waals surface area contributed by atoms with Crippen LogP contribution >= 0.6 is 0 Å². The smallest absolute Gasteiger partial charge is 0.336 e. The van der Waals surface area contributed by atoms with E-state index in [9.17, 15) is 9.59 Å². The molecule has 1 aliphatic carbocycles. The second-order valence-electron chi connectivity index (χ2n) is 4.41. The molecular formula is C14H15NO3. The maximum Gasteiger partial charge on any atom is 0.336 e. The van der Waals surface area contributed by atoms with E-state index in [1.54, 1.807) is 19.1 Å². The molecule has 2 rings (SSSR count). The summed E-state index contributed by atoms with van der Waals surface area (Å²) < 4.78 is 0. The number of carbonyl (C=O) groups is 2. The van der Waals surface area contributed by atoms with Gasteiger partial charge in [0, 0.05) is 11.6 Å². The highest BCUT2D eigenvalue weighted by molar-refractivity contribution is 5.97. The fraction of sp³-hybridized carbons (Fsp3) is 0.286. The van der Waals surface area contributed by atoms with Gasteiger partial charge in [0.2, 0.25) is 5.91 Å². The number of carbonyl (C=O) groups excluding carboxylic acids is 1. The fourth-order valence-corrected chi connectivity index (χ4v) is 2.07. The van der Waals surface area contributed by atoms with Gasteiger partial charge in [-0.1, -0.05) is 18.2 Å². The maximum absolute atomic E-state index is 11.9. The topological polar surface area (TPSA) is 66.4 Å². The van der Waals surface area contributed by atoms with Gasteiger partial charge in [-0.25, -0.2) is 4.79 Å². The first-order chi connectivity index (χ1) is 8.59. The van der Waals surface area contributed by atoms with Crippen LogP contribution in [0, 0.1) is 12.8 Å². The Hall–Kier alpha value is -2.10. The normalized spacial score (nSPS) is 14.7. The monoisotopic (exact) mass is 245 g/mol. The second-order valence-corrected chi connectivity index (χ2v) is 4.41. The van der Waals surface area contributed by atoms with Crippen LogP contribution in [-0.4, -0.2) is 17.0 Å². The van der Waals surface area contributed by atoms with E-state index in [4.69, 9.17) is 5.11 Å². The average Bonchev–Trinajstić information content (AvgIpc) is 2.85. The van der Waals surface area contributed by atoms with Crippen molar-refractivity contribution in [2.45, 2.75) is 19.8 Å². The zero-order chi connectivity index (χ0) is 13.1. The molecule has 1 aliphatic rings. The first kappa shape index (κ1) is 12.4. The number of hydrogen-bond acceptors (Lipinski definition) is 2. The molecule has 0 aliphatic heterocycles. The van der Waals surface area contributed by atoms with Crippen LogP contribution in [0.15, 0.2) is 30.4 Å². The lowest BCUT2D eigenvalue weighted by atomic mass is 10.0. The van der Waals surface area contributed by atoms with Gasteiger partial charge in [-0.2, -0.15) is 0 Å². The summed E-state index contributed by atoms with van der Waals surface area (Å²) in [6, 6.07) is 4.89. The van der Waals surface area contributed by atoms with Crippen LogP contribution in [-0.2, 0) is 4.79 Å². The lowest BCUT2D eigenvalue weighted by molar-refractivity contribution is -0.119. The Labute approximate surface area is 105 Å². The number of hydrogen-bond donors (Lipinski definition) is 2. The highest BCUT2D eigenvalue weighted by atomic mass is 16.4. The molecule has 0 fully saturated rings. The third kappa shape index (κ3) is 2.42. The summed E-state index contributed by atoms with van der Waals surface area (Å²) >= 11 is 0. The third-order valence-corrected chi connectivity index (χ3v) is 3.20. The molecule has 0 aromatic heterocycles. The summed E-state index contributed by atoms with van der Waals surface area (Å²) in [4.78, 5) is 22.9. The summed E-state index contributed by atoms with van der Waals surface area (Å²) in [6.07, 6.45) is 5.49. The predicted octanol–water partition coefficient (Wildman–Crippen LogP) is 2.60. The minimum absolute atomic E-state index is 0.0297. The number of aromatic carboxylic acids is 1. The molecule has 0 atom stereocenters. The number of rotatable bonds is 3. The molecule has 0 bridgehead atoms. The molecule has 1 aromatic rings. The predicted molar refractivity (Wildman–Crippen MR) is 68.6 cm³/mol. The van der Waals surface area contributed by atoms with Crippen molar-refractivity contribution in [3.05, 3.63) is 41.5 Å². The summed E-state index contributed by atoms with van der Waals surface area (Å²) in [5.74, 6) is -1.06. The quantitative estimate of drug-likeness (QED) is 0.804. The lowest BCUT2D eigenvalue weighted by Gasteiger charge is -2.13. The number of benzene rings is 1. The molecule has 1 aromatic carbocycles. The first-order valence-corrected chi connectivity index (χ1v) is 5.88. The van der Waals surface area contributed by atoms with E-state index < -0.39 is 5.97 Å². The molecule has 0 heterocycles. The van der Waals surface area contributed by atoms with Crippen LogP contribution < -0.4 is 5.32 Å². The number of carboxylic acids is 1. The fourth-order valence-electron chi connectivity index (χ4n) is 2.07. The summed E-state index contributed by atoms with van der Waals surface area (Å²) in [7, 11) is 0. The third-order valence-electron chi connectivity index (χ3n) is 3.20. The van der Waals surface area contributed by atoms with Crippen LogP contribution in [0.4, 0.5) is 5.69 Å². The van der Waals surface area contributed by atoms with E-state index in [0.717, 1.165) is 12.8 Å². The second kappa shape index (κ2) is 5.04. The highest BCUT2D eigenvalue weighted by Gasteiger charge is 2.20. The molecule has 4 heteroatoms. The Morgan fingerprint density at radius 3 is 2.56 bits per heavy atom. The SMILES string of the molecule is Cc1c(NC(=O)C2CC=CC2)cccc1C(=O)O. The van der Waals surface area contributed by atoms with E-state index in [1.165, 1.54) is 6.07 Å². The van der Waals surface area contributed by atoms with Crippen molar-refractivity contribution in [3.8, 4) is 0 Å². The largest absolute Gasteiger partial charge is 0.478 e. The van der Waals surface area contributed by atoms with E-state index in [0.29, 0.717) is 11.3 Å². The lowest BCUT2D eigenvalue weighted by Crippen LogP contribution is -2.21. The van der Waals surface area contributed by atoms with E-state index in [1.807, 2.05) is 12.2 Å². The average molecular weight is 245 g/mol. The van der Waals surface area contributed by atoms with Crippen molar-refractivity contribution in [1.82, 2.24) is 0 Å². The van der Waals surface area contributed by atoms with Crippen LogP contribution in [0.2, 0.25) is 0 Å². The molecule has 18 heavy (non-hydrogen) atoms. The van der Waals surface area contributed by atoms with Gasteiger partial charge in [-0.05, 0) is 37.5 Å². The van der Waals surface area contributed by atoms with Crippen LogP contribution in [0.5, 0.6) is 0 Å². The zero-order valence-corrected chi connectivity index (χ0v) is 10.1. The van der Waals surface area contributed by atoms with Gasteiger partial charge in [0.15, 0.2) is 0 Å². The molecule has 2 N–H and O–H groups in total. The van der Waals surface area contributed by atoms with Crippen molar-refractivity contribution in [1.29, 1.82) is 0 Å². The summed E-state index contributed by atoms with van der Waals surface area (Å²) in [5.41, 5.74) is 1.38. The van der Waals surface area contributed by atoms with Gasteiger partial charge in [-0.15, -0.1) is 0 Å². The van der Waals surface area contributed by atoms with Gasteiger partial charge >= 0.3 is 5.97 Å². The highest BCUT2D eigenvalue weighted by Crippen LogP contribution is 2.23. The van der Waals surface area contributed by atoms with Crippen LogP contribution in [0.3, 0.4) is 0 Å². The van der Waals surface area contributed by atoms with Crippen molar-refractivity contribution in [2.24, 2.45) is 5.92 Å². The molecule has 0 saturated carbocycles. The molecule has 4 nitrogen and oxygen atoms in total. The molecule has 0 unspecified atom stereocenters. The van der Waals surface area contributed by atoms with Crippen molar-refractivity contribution < 1.29 is 14.7 Å². The van der Waals surface area contributed by atoms with E-state index >= 15 is 0 Å². The van der Waals surface area contributed by atoms with Gasteiger partial charge in [0.1, 0.15) is 0 Å². The first-order valence-electron chi connectivity index (χ1n) is 5.88. The molecule has 1 amide bonds. The molecule has 0 radical (unpaired) electrons. The van der Waals surface area contributed by atoms with E-state index in [2.05, 4.69) is 5.32 Å². The standard InChI is InChI=1S/C14H15NO3/c1-9-11(14(17)18)7-4-8-12(9)15-13(16)10-5-2-3-6-10/h2-4,7-8,10H,5-6H2,1H3,(H,15,16)(H,17,18). The van der Waals surface area contributed by atoms with Gasteiger partial charge in [-0.3, -0.25) is 4.79 Å². The van der Waals surface area contributed by atoms with E-state index in [-0.39, 0.29) is 17.4 Å². The van der Waals surface area contributed by atoms with Crippen molar-refractivity contribution in [2.75, 3.05) is 5.32 Å². The zero-order valence-electron chi connectivity index (χ0n) is 10.1. The molecule has 94 valence electrons. The molecule has 0 spiro atoms. The maximum atomic E-state index is 11.9. The molecular weight excluding hydrogens is 230 g/mol. The van der Waals surface area contributed by atoms with Crippen LogP contribution in [0.1, 0.15) is 28.8 Å². The Balaban J connectivity index is 2.16. The van der Waals surface area contributed by atoms with Crippen molar-refractivity contribution >= 4 is 17.6 Å². The number of carboxylic acid groups (broad SMARTS) is 1. The minimum Gasteiger partial charge on any atom is -0.478 e. The number of nitrogens with one attached hydrogen (secondary N) is 1. The Kier molecular flexibility index (Phi) is 3.46. The van der Waals surface area contributed by atoms with Gasteiger partial charge < -0.3 is 10.4 Å². The Morgan fingerprint density at radius 2 is 1.94 bits per heavy atom. The summed E-state index contributed by atoms with van der Waals surface area (Å²) in [6.45, 7) is 1.70. The van der Waals surface area contributed by atoms with Gasteiger partial charge in [0.05, 0.1) is 5.56 Å². The van der Waals surface area contributed by atoms with Gasteiger partial charge in [0.25, 0.3) is 0 Å². The minimum atomic E-state index is -0.980. The number of amides is 1. The number of allylic oxidation sites excluding steroid dienone is 2. The summed E-state index contributed by atoms with van der Waals surface area (Å²) in [5, 5.41) is 11.8. The van der Waals surface area contributed by atoms with Crippen LogP contribution in [0.25, 0.3) is 0 Å². The number of anilines is 1. The Bertz CT molecular complexity index is 512.